The van der Waals surface area contributed by atoms with Crippen LogP contribution in [-0.2, 0) is 0 Å². The zero-order valence-corrected chi connectivity index (χ0v) is 11.4. The van der Waals surface area contributed by atoms with E-state index in [2.05, 4.69) is 0 Å². The summed E-state index contributed by atoms with van der Waals surface area (Å²) in [5.41, 5.74) is 6.61. The zero-order valence-electron chi connectivity index (χ0n) is 9.76. The third-order valence-corrected chi connectivity index (χ3v) is 3.65. The van der Waals surface area contributed by atoms with Crippen molar-refractivity contribution >= 4 is 30.1 Å². The lowest BCUT2D eigenvalue weighted by atomic mass is 10.2. The van der Waals surface area contributed by atoms with Gasteiger partial charge in [-0.2, -0.15) is 0 Å². The first-order valence-corrected chi connectivity index (χ1v) is 6.62. The molecule has 1 heterocycles. The van der Waals surface area contributed by atoms with E-state index >= 15 is 0 Å². The molecule has 1 aliphatic heterocycles. The van der Waals surface area contributed by atoms with Gasteiger partial charge in [0.25, 0.3) is 5.91 Å². The van der Waals surface area contributed by atoms with Gasteiger partial charge in [0.15, 0.2) is 0 Å². The fourth-order valence-corrected chi connectivity index (χ4v) is 2.55. The summed E-state index contributed by atoms with van der Waals surface area (Å²) in [6, 6.07) is 7.87. The van der Waals surface area contributed by atoms with E-state index in [9.17, 15) is 4.79 Å². The van der Waals surface area contributed by atoms with E-state index in [1.54, 1.807) is 11.8 Å². The molecule has 1 atom stereocenters. The Balaban J connectivity index is 0.00000144. The van der Waals surface area contributed by atoms with E-state index in [4.69, 9.17) is 5.73 Å². The molecule has 17 heavy (non-hydrogen) atoms. The van der Waals surface area contributed by atoms with Crippen molar-refractivity contribution in [3.05, 3.63) is 29.8 Å². The molecule has 2 N–H and O–H groups in total. The molecule has 0 saturated carbocycles. The Labute approximate surface area is 112 Å². The monoisotopic (exact) mass is 272 g/mol. The predicted octanol–water partition coefficient (Wildman–Crippen LogP) is 2.00. The number of thioether (sulfide) groups is 1. The quantitative estimate of drug-likeness (QED) is 0.838. The van der Waals surface area contributed by atoms with Gasteiger partial charge in [-0.1, -0.05) is 12.1 Å². The number of halogens is 1. The first-order valence-electron chi connectivity index (χ1n) is 5.40. The van der Waals surface area contributed by atoms with Gasteiger partial charge in [-0.3, -0.25) is 4.79 Å². The topological polar surface area (TPSA) is 46.3 Å². The van der Waals surface area contributed by atoms with Crippen molar-refractivity contribution in [1.82, 2.24) is 4.90 Å². The van der Waals surface area contributed by atoms with Crippen LogP contribution in [0.5, 0.6) is 0 Å². The Bertz CT molecular complexity index is 400. The zero-order chi connectivity index (χ0) is 11.5. The van der Waals surface area contributed by atoms with Crippen molar-refractivity contribution in [2.75, 3.05) is 19.3 Å². The van der Waals surface area contributed by atoms with Crippen molar-refractivity contribution in [2.24, 2.45) is 5.73 Å². The molecule has 1 aliphatic rings. The number of rotatable bonds is 2. The molecule has 5 heteroatoms. The van der Waals surface area contributed by atoms with Gasteiger partial charge in [0, 0.05) is 24.0 Å². The molecule has 1 aromatic carbocycles. The van der Waals surface area contributed by atoms with Gasteiger partial charge in [0.1, 0.15) is 0 Å². The summed E-state index contributed by atoms with van der Waals surface area (Å²) in [5, 5.41) is 0. The van der Waals surface area contributed by atoms with Crippen LogP contribution in [0.15, 0.2) is 29.2 Å². The van der Waals surface area contributed by atoms with Gasteiger partial charge < -0.3 is 10.6 Å². The summed E-state index contributed by atoms with van der Waals surface area (Å²) in [5.74, 6) is 0.109. The number of benzene rings is 1. The lowest BCUT2D eigenvalue weighted by molar-refractivity contribution is 0.0787. The van der Waals surface area contributed by atoms with Crippen molar-refractivity contribution in [3.63, 3.8) is 0 Å². The highest BCUT2D eigenvalue weighted by atomic mass is 35.5. The molecular weight excluding hydrogens is 256 g/mol. The molecule has 1 saturated heterocycles. The Morgan fingerprint density at radius 3 is 2.76 bits per heavy atom. The van der Waals surface area contributed by atoms with Crippen LogP contribution in [0.1, 0.15) is 16.8 Å². The van der Waals surface area contributed by atoms with Gasteiger partial charge in [0.2, 0.25) is 0 Å². The molecule has 0 spiro atoms. The Kier molecular flexibility index (Phi) is 5.31. The average molecular weight is 273 g/mol. The van der Waals surface area contributed by atoms with E-state index in [0.717, 1.165) is 23.4 Å². The summed E-state index contributed by atoms with van der Waals surface area (Å²) in [6.07, 6.45) is 2.90. The largest absolute Gasteiger partial charge is 0.337 e. The fourth-order valence-electron chi connectivity index (χ4n) is 1.96. The maximum atomic E-state index is 12.2. The van der Waals surface area contributed by atoms with E-state index in [0.29, 0.717) is 6.54 Å². The summed E-state index contributed by atoms with van der Waals surface area (Å²) >= 11 is 1.60. The molecule has 94 valence electrons. The van der Waals surface area contributed by atoms with Gasteiger partial charge in [-0.15, -0.1) is 24.2 Å². The van der Waals surface area contributed by atoms with Crippen molar-refractivity contribution in [1.29, 1.82) is 0 Å². The van der Waals surface area contributed by atoms with E-state index in [1.165, 1.54) is 0 Å². The van der Waals surface area contributed by atoms with Gasteiger partial charge >= 0.3 is 0 Å². The van der Waals surface area contributed by atoms with Crippen LogP contribution in [0.4, 0.5) is 0 Å². The standard InChI is InChI=1S/C12H16N2OS.ClH/c1-16-11-5-3-2-4-10(11)12(15)14-7-6-9(13)8-14;/h2-5,9H,6-8,13H2,1H3;1H/t9-;/m0./s1. The molecular formula is C12H17ClN2OS. The van der Waals surface area contributed by atoms with Crippen LogP contribution in [-0.4, -0.2) is 36.2 Å². The summed E-state index contributed by atoms with van der Waals surface area (Å²) in [6.45, 7) is 1.46. The van der Waals surface area contributed by atoms with Crippen LogP contribution in [0.3, 0.4) is 0 Å². The summed E-state index contributed by atoms with van der Waals surface area (Å²) in [7, 11) is 0. The van der Waals surface area contributed by atoms with Crippen LogP contribution in [0, 0.1) is 0 Å². The lowest BCUT2D eigenvalue weighted by Gasteiger charge is -2.17. The smallest absolute Gasteiger partial charge is 0.255 e. The van der Waals surface area contributed by atoms with Crippen molar-refractivity contribution in [2.45, 2.75) is 17.4 Å². The van der Waals surface area contributed by atoms with Crippen LogP contribution < -0.4 is 5.73 Å². The molecule has 0 unspecified atom stereocenters. The molecule has 0 aromatic heterocycles. The molecule has 1 amide bonds. The van der Waals surface area contributed by atoms with E-state index in [-0.39, 0.29) is 24.4 Å². The maximum Gasteiger partial charge on any atom is 0.255 e. The van der Waals surface area contributed by atoms with Crippen LogP contribution in [0.2, 0.25) is 0 Å². The predicted molar refractivity (Wildman–Crippen MR) is 74.0 cm³/mol. The second kappa shape index (κ2) is 6.28. The number of hydrogen-bond donors (Lipinski definition) is 1. The third kappa shape index (κ3) is 3.15. The molecule has 0 bridgehead atoms. The van der Waals surface area contributed by atoms with Crippen molar-refractivity contribution in [3.8, 4) is 0 Å². The minimum absolute atomic E-state index is 0. The molecule has 1 fully saturated rings. The first-order chi connectivity index (χ1) is 7.72. The lowest BCUT2D eigenvalue weighted by Crippen LogP contribution is -2.32. The molecule has 3 nitrogen and oxygen atoms in total. The van der Waals surface area contributed by atoms with Crippen molar-refractivity contribution < 1.29 is 4.79 Å². The highest BCUT2D eigenvalue weighted by Crippen LogP contribution is 2.22. The number of likely N-dealkylation sites (tertiary alicyclic amines) is 1. The third-order valence-electron chi connectivity index (χ3n) is 2.85. The summed E-state index contributed by atoms with van der Waals surface area (Å²) in [4.78, 5) is 15.1. The van der Waals surface area contributed by atoms with E-state index < -0.39 is 0 Å². The first kappa shape index (κ1) is 14.4. The van der Waals surface area contributed by atoms with Gasteiger partial charge in [-0.05, 0) is 24.8 Å². The second-order valence-corrected chi connectivity index (χ2v) is 4.85. The highest BCUT2D eigenvalue weighted by Gasteiger charge is 2.25. The second-order valence-electron chi connectivity index (χ2n) is 4.00. The van der Waals surface area contributed by atoms with Gasteiger partial charge in [-0.25, -0.2) is 0 Å². The highest BCUT2D eigenvalue weighted by molar-refractivity contribution is 7.98. The molecule has 0 aliphatic carbocycles. The average Bonchev–Trinajstić information content (AvgIpc) is 2.75. The SMILES string of the molecule is CSc1ccccc1C(=O)N1CC[C@H](N)C1.Cl. The minimum atomic E-state index is 0. The summed E-state index contributed by atoms with van der Waals surface area (Å²) < 4.78 is 0. The number of carbonyl (C=O) groups is 1. The number of carbonyl (C=O) groups excluding carboxylic acids is 1. The van der Waals surface area contributed by atoms with Crippen LogP contribution in [0.25, 0.3) is 0 Å². The van der Waals surface area contributed by atoms with Gasteiger partial charge in [0.05, 0.1) is 5.56 Å². The normalized spacial score (nSPS) is 18.9. The van der Waals surface area contributed by atoms with E-state index in [1.807, 2.05) is 35.4 Å². The number of hydrogen-bond acceptors (Lipinski definition) is 3. The molecule has 1 aromatic rings. The minimum Gasteiger partial charge on any atom is -0.337 e. The Morgan fingerprint density at radius 1 is 1.47 bits per heavy atom. The molecule has 2 rings (SSSR count). The number of nitrogens with two attached hydrogens (primary N) is 1. The maximum absolute atomic E-state index is 12.2. The Morgan fingerprint density at radius 2 is 2.18 bits per heavy atom. The number of nitrogens with zero attached hydrogens (tertiary/aromatic N) is 1. The van der Waals surface area contributed by atoms with Crippen LogP contribution >= 0.6 is 24.2 Å². The number of amides is 1. The molecule has 0 radical (unpaired) electrons. The fraction of sp³-hybridized carbons (Fsp3) is 0.417. The Hall–Kier alpha value is -0.710.